The van der Waals surface area contributed by atoms with Gasteiger partial charge in [0.25, 0.3) is 0 Å². The summed E-state index contributed by atoms with van der Waals surface area (Å²) < 4.78 is 0. The first-order chi connectivity index (χ1) is 14.5. The molecule has 1 amide bonds. The highest BCUT2D eigenvalue weighted by atomic mass is 35.5. The molecule has 0 atom stereocenters. The molecule has 3 aliphatic rings. The van der Waals surface area contributed by atoms with Crippen LogP contribution >= 0.6 is 11.6 Å². The number of hydrogen-bond donors (Lipinski definition) is 3. The van der Waals surface area contributed by atoms with E-state index in [2.05, 4.69) is 46.1 Å². The van der Waals surface area contributed by atoms with Crippen LogP contribution in [0.25, 0.3) is 0 Å². The maximum Gasteiger partial charge on any atom is 0.224 e. The number of anilines is 1. The van der Waals surface area contributed by atoms with E-state index in [0.29, 0.717) is 19.5 Å². The number of likely N-dealkylation sites (tertiary alicyclic amines) is 1. The van der Waals surface area contributed by atoms with Crippen molar-refractivity contribution in [2.75, 3.05) is 25.5 Å². The smallest absolute Gasteiger partial charge is 0.224 e. The molecular weight excluding hydrogens is 398 g/mol. The number of piperidine rings is 1. The molecule has 2 aromatic rings. The molecule has 0 aliphatic carbocycles. The number of nitrogens with zero attached hydrogens (tertiary/aromatic N) is 2. The van der Waals surface area contributed by atoms with Gasteiger partial charge in [0.1, 0.15) is 5.84 Å². The Morgan fingerprint density at radius 2 is 2.03 bits per heavy atom. The van der Waals surface area contributed by atoms with Crippen molar-refractivity contribution in [3.63, 3.8) is 0 Å². The Hall–Kier alpha value is -2.57. The van der Waals surface area contributed by atoms with E-state index in [1.807, 2.05) is 18.2 Å². The second-order valence-electron chi connectivity index (χ2n) is 8.55. The van der Waals surface area contributed by atoms with Gasteiger partial charge in [-0.25, -0.2) is 4.99 Å². The number of nitrogens with one attached hydrogen (secondary N) is 3. The van der Waals surface area contributed by atoms with Gasteiger partial charge in [-0.1, -0.05) is 23.7 Å². The Morgan fingerprint density at radius 1 is 1.20 bits per heavy atom. The minimum atomic E-state index is -0.204. The molecule has 6 nitrogen and oxygen atoms in total. The maximum atomic E-state index is 11.8. The van der Waals surface area contributed by atoms with Crippen LogP contribution in [0.5, 0.6) is 0 Å². The normalized spacial score (nSPS) is 19.9. The zero-order chi connectivity index (χ0) is 20.7. The van der Waals surface area contributed by atoms with Gasteiger partial charge in [-0.15, -0.1) is 0 Å². The van der Waals surface area contributed by atoms with Crippen LogP contribution in [0.1, 0.15) is 29.5 Å². The third-order valence-electron chi connectivity index (χ3n) is 6.39. The molecule has 7 heteroatoms. The van der Waals surface area contributed by atoms with Crippen LogP contribution in [-0.2, 0) is 24.3 Å². The van der Waals surface area contributed by atoms with Gasteiger partial charge < -0.3 is 20.9 Å². The van der Waals surface area contributed by atoms with Gasteiger partial charge in [0.15, 0.2) is 0 Å². The first-order valence-corrected chi connectivity index (χ1v) is 10.9. The van der Waals surface area contributed by atoms with Crippen molar-refractivity contribution in [2.45, 2.75) is 37.9 Å². The largest absolute Gasteiger partial charge is 0.371 e. The lowest BCUT2D eigenvalue weighted by Crippen LogP contribution is -2.58. The number of fused-ring (bicyclic) bond motifs is 2. The second kappa shape index (κ2) is 7.60. The third kappa shape index (κ3) is 3.66. The number of amides is 1. The van der Waals surface area contributed by atoms with Crippen LogP contribution in [-0.4, -0.2) is 42.3 Å². The quantitative estimate of drug-likeness (QED) is 0.693. The molecule has 5 rings (SSSR count). The first kappa shape index (κ1) is 19.4. The topological polar surface area (TPSA) is 68.8 Å². The minimum Gasteiger partial charge on any atom is -0.371 e. The Bertz CT molecular complexity index is 1030. The van der Waals surface area contributed by atoms with Gasteiger partial charge >= 0.3 is 0 Å². The van der Waals surface area contributed by atoms with Crippen LogP contribution in [0.15, 0.2) is 41.4 Å². The molecule has 2 aromatic carbocycles. The van der Waals surface area contributed by atoms with E-state index in [1.54, 1.807) is 0 Å². The van der Waals surface area contributed by atoms with E-state index in [-0.39, 0.29) is 11.4 Å². The van der Waals surface area contributed by atoms with Gasteiger partial charge in [-0.3, -0.25) is 4.79 Å². The molecule has 0 bridgehead atoms. The van der Waals surface area contributed by atoms with E-state index in [0.717, 1.165) is 59.3 Å². The van der Waals surface area contributed by atoms with Crippen LogP contribution in [0.3, 0.4) is 0 Å². The van der Waals surface area contributed by atoms with Crippen LogP contribution < -0.4 is 16.0 Å². The highest BCUT2D eigenvalue weighted by Gasteiger charge is 2.41. The third-order valence-corrected chi connectivity index (χ3v) is 6.63. The summed E-state index contributed by atoms with van der Waals surface area (Å²) in [6.07, 6.45) is 2.38. The van der Waals surface area contributed by atoms with Gasteiger partial charge in [0.05, 0.1) is 23.3 Å². The van der Waals surface area contributed by atoms with Gasteiger partial charge in [0, 0.05) is 31.2 Å². The molecule has 156 valence electrons. The second-order valence-corrected chi connectivity index (χ2v) is 8.98. The summed E-state index contributed by atoms with van der Waals surface area (Å²) in [6, 6.07) is 12.1. The molecule has 3 heterocycles. The lowest BCUT2D eigenvalue weighted by molar-refractivity contribution is -0.121. The first-order valence-electron chi connectivity index (χ1n) is 10.5. The highest BCUT2D eigenvalue weighted by Crippen LogP contribution is 2.40. The average Bonchev–Trinajstić information content (AvgIpc) is 2.73. The molecule has 1 saturated heterocycles. The summed E-state index contributed by atoms with van der Waals surface area (Å²) in [5.41, 5.74) is 5.13. The van der Waals surface area contributed by atoms with Crippen molar-refractivity contribution in [1.82, 2.24) is 15.5 Å². The van der Waals surface area contributed by atoms with Gasteiger partial charge in [0.2, 0.25) is 5.91 Å². The number of rotatable bonds is 2. The summed E-state index contributed by atoms with van der Waals surface area (Å²) in [5, 5.41) is 11.1. The van der Waals surface area contributed by atoms with Crippen molar-refractivity contribution < 1.29 is 4.79 Å². The van der Waals surface area contributed by atoms with Gasteiger partial charge in [-0.2, -0.15) is 0 Å². The maximum absolute atomic E-state index is 11.8. The zero-order valence-electron chi connectivity index (χ0n) is 17.1. The van der Waals surface area contributed by atoms with E-state index in [4.69, 9.17) is 16.6 Å². The Morgan fingerprint density at radius 3 is 2.83 bits per heavy atom. The van der Waals surface area contributed by atoms with Crippen molar-refractivity contribution in [1.29, 1.82) is 0 Å². The number of benzene rings is 2. The summed E-state index contributed by atoms with van der Waals surface area (Å²) in [6.45, 7) is 3.28. The fourth-order valence-corrected chi connectivity index (χ4v) is 4.79. The molecule has 3 N–H and O–H groups in total. The molecule has 30 heavy (non-hydrogen) atoms. The van der Waals surface area contributed by atoms with Crippen LogP contribution in [0, 0.1) is 0 Å². The fourth-order valence-electron chi connectivity index (χ4n) is 4.58. The Labute approximate surface area is 181 Å². The Balaban J connectivity index is 1.49. The van der Waals surface area contributed by atoms with E-state index in [9.17, 15) is 4.79 Å². The van der Waals surface area contributed by atoms with Crippen molar-refractivity contribution in [2.24, 2.45) is 4.99 Å². The number of carbonyl (C=O) groups excluding carboxylic acids is 1. The predicted molar refractivity (Wildman–Crippen MR) is 120 cm³/mol. The standard InChI is InChI=1S/C23H26ClN5O/c1-29-7-5-23(6-8-29)22(26-13-15-3-2-4-18(24)9-15)27-19-10-16-12-21(30)25-14-17(16)11-20(19)28-23/h2-4,9-11,28H,5-8,12-14H2,1H3,(H,25,30)(H,26,27). The monoisotopic (exact) mass is 423 g/mol. The molecule has 0 saturated carbocycles. The Kier molecular flexibility index (Phi) is 4.91. The highest BCUT2D eigenvalue weighted by molar-refractivity contribution is 6.30. The summed E-state index contributed by atoms with van der Waals surface area (Å²) in [4.78, 5) is 19.3. The molecule has 0 unspecified atom stereocenters. The zero-order valence-corrected chi connectivity index (χ0v) is 17.9. The molecule has 3 aliphatic heterocycles. The number of halogens is 1. The van der Waals surface area contributed by atoms with Crippen molar-refractivity contribution in [3.05, 3.63) is 58.1 Å². The number of amidine groups is 1. The van der Waals surface area contributed by atoms with E-state index < -0.39 is 0 Å². The fraction of sp³-hybridized carbons (Fsp3) is 0.391. The lowest BCUT2D eigenvalue weighted by atomic mass is 9.83. The van der Waals surface area contributed by atoms with E-state index >= 15 is 0 Å². The number of carbonyl (C=O) groups is 1. The molecule has 1 fully saturated rings. The predicted octanol–water partition coefficient (Wildman–Crippen LogP) is 3.22. The summed E-state index contributed by atoms with van der Waals surface area (Å²) >= 11 is 6.16. The summed E-state index contributed by atoms with van der Waals surface area (Å²) in [5.74, 6) is 1.05. The minimum absolute atomic E-state index is 0.0706. The van der Waals surface area contributed by atoms with Crippen molar-refractivity contribution >= 4 is 34.7 Å². The van der Waals surface area contributed by atoms with Crippen molar-refractivity contribution in [3.8, 4) is 0 Å². The van der Waals surface area contributed by atoms with Crippen LogP contribution in [0.4, 0.5) is 11.4 Å². The number of aliphatic imine (C=N–C) groups is 1. The average molecular weight is 424 g/mol. The van der Waals surface area contributed by atoms with Gasteiger partial charge in [-0.05, 0) is 60.8 Å². The van der Waals surface area contributed by atoms with E-state index in [1.165, 1.54) is 5.56 Å². The lowest BCUT2D eigenvalue weighted by Gasteiger charge is -2.45. The van der Waals surface area contributed by atoms with Crippen LogP contribution in [0.2, 0.25) is 5.02 Å². The SMILES string of the molecule is CN1CCC2(CC1)Nc1cc3c(cc1N=C2NCc1cccc(Cl)c1)CC(=O)NC3. The molecule has 0 aromatic heterocycles. The summed E-state index contributed by atoms with van der Waals surface area (Å²) in [7, 11) is 2.17. The molecule has 1 spiro atoms. The number of hydrogen-bond acceptors (Lipinski definition) is 5. The molecule has 0 radical (unpaired) electrons. The molecular formula is C23H26ClN5O.